The number of hydrogen-bond donors (Lipinski definition) is 2. The third-order valence-corrected chi connectivity index (χ3v) is 5.64. The van der Waals surface area contributed by atoms with Gasteiger partial charge in [-0.15, -0.1) is 0 Å². The molecule has 8 heteroatoms. The van der Waals surface area contributed by atoms with E-state index in [1.54, 1.807) is 12.1 Å². The van der Waals surface area contributed by atoms with Gasteiger partial charge in [0.1, 0.15) is 12.1 Å². The quantitative estimate of drug-likeness (QED) is 0.551. The maximum atomic E-state index is 12.6. The Bertz CT molecular complexity index is 1010. The normalized spacial score (nSPS) is 17.0. The predicted octanol–water partition coefficient (Wildman–Crippen LogP) is 2.70. The van der Waals surface area contributed by atoms with Gasteiger partial charge in [0, 0.05) is 11.3 Å². The molecule has 1 heterocycles. The van der Waals surface area contributed by atoms with Gasteiger partial charge in [-0.05, 0) is 24.5 Å². The summed E-state index contributed by atoms with van der Waals surface area (Å²) >= 11 is 0. The Kier molecular flexibility index (Phi) is 5.70. The molecule has 2 aromatic rings. The Hall–Kier alpha value is -3.68. The molecule has 0 atom stereocenters. The molecule has 8 nitrogen and oxygen atoms in total. The van der Waals surface area contributed by atoms with Gasteiger partial charge in [-0.1, -0.05) is 61.4 Å². The number of nitrogens with one attached hydrogen (secondary N) is 2. The van der Waals surface area contributed by atoms with Crippen LogP contribution in [0.5, 0.6) is 0 Å². The molecule has 1 saturated carbocycles. The zero-order chi connectivity index (χ0) is 21.8. The number of imide groups is 1. The monoisotopic (exact) mass is 421 g/mol. The van der Waals surface area contributed by atoms with Crippen LogP contribution in [-0.2, 0) is 19.1 Å². The maximum Gasteiger partial charge on any atom is 0.326 e. The molecule has 160 valence electrons. The molecule has 0 bridgehead atoms. The summed E-state index contributed by atoms with van der Waals surface area (Å²) in [4.78, 5) is 50.1. The smallest absolute Gasteiger partial charge is 0.326 e. The third kappa shape index (κ3) is 4.28. The molecule has 2 aliphatic rings. The van der Waals surface area contributed by atoms with E-state index in [0.29, 0.717) is 18.5 Å². The summed E-state index contributed by atoms with van der Waals surface area (Å²) in [7, 11) is 0. The lowest BCUT2D eigenvalue weighted by atomic mass is 9.98. The van der Waals surface area contributed by atoms with E-state index in [1.807, 2.05) is 42.5 Å². The second-order valence-electron chi connectivity index (χ2n) is 7.73. The van der Waals surface area contributed by atoms with E-state index in [4.69, 9.17) is 4.74 Å². The van der Waals surface area contributed by atoms with Crippen molar-refractivity contribution in [1.82, 2.24) is 10.2 Å². The molecular formula is C23H23N3O5. The summed E-state index contributed by atoms with van der Waals surface area (Å²) in [6.45, 7) is -1.03. The van der Waals surface area contributed by atoms with Gasteiger partial charge in [0.05, 0.1) is 0 Å². The van der Waals surface area contributed by atoms with Gasteiger partial charge in [0.15, 0.2) is 6.61 Å². The summed E-state index contributed by atoms with van der Waals surface area (Å²) in [5.41, 5.74) is 1.49. The van der Waals surface area contributed by atoms with Gasteiger partial charge in [0.25, 0.3) is 11.8 Å². The van der Waals surface area contributed by atoms with Gasteiger partial charge in [0.2, 0.25) is 0 Å². The number of carbonyl (C=O) groups excluding carboxylic acids is 4. The number of benzene rings is 2. The van der Waals surface area contributed by atoms with Crippen LogP contribution >= 0.6 is 0 Å². The largest absolute Gasteiger partial charge is 0.454 e. The summed E-state index contributed by atoms with van der Waals surface area (Å²) in [6.07, 6.45) is 2.86. The standard InChI is InChI=1S/C23H23N3O5/c27-19(24-18-11-5-4-10-17(18)16-8-2-1-3-9-16)15-31-20(28)14-26-21(29)23(25-22(26)30)12-6-7-13-23/h1-5,8-11H,6-7,12-15H2,(H,24,27)(H,25,30). The van der Waals surface area contributed by atoms with Crippen LogP contribution < -0.4 is 10.6 Å². The molecule has 0 radical (unpaired) electrons. The molecule has 4 rings (SSSR count). The minimum atomic E-state index is -0.879. The zero-order valence-corrected chi connectivity index (χ0v) is 16.9. The first-order valence-electron chi connectivity index (χ1n) is 10.2. The number of amides is 4. The third-order valence-electron chi connectivity index (χ3n) is 5.64. The number of rotatable bonds is 6. The van der Waals surface area contributed by atoms with Crippen molar-refractivity contribution >= 4 is 29.5 Å². The second kappa shape index (κ2) is 8.59. The number of hydrogen-bond acceptors (Lipinski definition) is 5. The fourth-order valence-corrected chi connectivity index (χ4v) is 4.11. The molecule has 1 saturated heterocycles. The minimum absolute atomic E-state index is 0.395. The fourth-order valence-electron chi connectivity index (χ4n) is 4.11. The van der Waals surface area contributed by atoms with Crippen molar-refractivity contribution in [1.29, 1.82) is 0 Å². The van der Waals surface area contributed by atoms with Crippen LogP contribution in [0, 0.1) is 0 Å². The van der Waals surface area contributed by atoms with Gasteiger partial charge in [-0.25, -0.2) is 4.79 Å². The Morgan fingerprint density at radius 2 is 1.68 bits per heavy atom. The molecule has 1 spiro atoms. The van der Waals surface area contributed by atoms with Gasteiger partial charge >= 0.3 is 12.0 Å². The lowest BCUT2D eigenvalue weighted by Gasteiger charge is -2.19. The van der Waals surface area contributed by atoms with Crippen molar-refractivity contribution < 1.29 is 23.9 Å². The van der Waals surface area contributed by atoms with Crippen LogP contribution in [0.3, 0.4) is 0 Å². The van der Waals surface area contributed by atoms with Crippen molar-refractivity contribution in [2.75, 3.05) is 18.5 Å². The van der Waals surface area contributed by atoms with E-state index in [2.05, 4.69) is 10.6 Å². The van der Waals surface area contributed by atoms with Crippen molar-refractivity contribution in [2.24, 2.45) is 0 Å². The van der Waals surface area contributed by atoms with Crippen molar-refractivity contribution in [3.63, 3.8) is 0 Å². The van der Waals surface area contributed by atoms with Gasteiger partial charge in [-0.2, -0.15) is 0 Å². The van der Waals surface area contributed by atoms with Crippen LogP contribution in [0.4, 0.5) is 10.5 Å². The molecule has 2 aromatic carbocycles. The van der Waals surface area contributed by atoms with E-state index in [0.717, 1.165) is 28.9 Å². The highest BCUT2D eigenvalue weighted by atomic mass is 16.5. The first-order chi connectivity index (χ1) is 15.0. The summed E-state index contributed by atoms with van der Waals surface area (Å²) in [6, 6.07) is 16.3. The number of ether oxygens (including phenoxy) is 1. The molecule has 1 aliphatic carbocycles. The zero-order valence-electron chi connectivity index (χ0n) is 16.9. The van der Waals surface area contributed by atoms with Crippen LogP contribution in [0.25, 0.3) is 11.1 Å². The van der Waals surface area contributed by atoms with Gasteiger partial charge < -0.3 is 15.4 Å². The molecule has 31 heavy (non-hydrogen) atoms. The first kappa shape index (κ1) is 20.6. The number of carbonyl (C=O) groups is 4. The Morgan fingerprint density at radius 3 is 2.42 bits per heavy atom. The Morgan fingerprint density at radius 1 is 1.00 bits per heavy atom. The summed E-state index contributed by atoms with van der Waals surface area (Å²) in [5.74, 6) is -1.72. The SMILES string of the molecule is O=C(COC(=O)CN1C(=O)NC2(CCCC2)C1=O)Nc1ccccc1-c1ccccc1. The van der Waals surface area contributed by atoms with E-state index in [1.165, 1.54) is 0 Å². The van der Waals surface area contributed by atoms with Crippen LogP contribution in [-0.4, -0.2) is 47.4 Å². The fraction of sp³-hybridized carbons (Fsp3) is 0.304. The maximum absolute atomic E-state index is 12.6. The highest BCUT2D eigenvalue weighted by molar-refractivity contribution is 6.09. The number of para-hydroxylation sites is 1. The molecule has 4 amide bonds. The predicted molar refractivity (Wildman–Crippen MR) is 113 cm³/mol. The summed E-state index contributed by atoms with van der Waals surface area (Å²) < 4.78 is 5.01. The molecule has 0 aromatic heterocycles. The van der Waals surface area contributed by atoms with E-state index in [9.17, 15) is 19.2 Å². The molecular weight excluding hydrogens is 398 g/mol. The number of anilines is 1. The molecule has 2 N–H and O–H groups in total. The van der Waals surface area contributed by atoms with E-state index in [-0.39, 0.29) is 0 Å². The topological polar surface area (TPSA) is 105 Å². The van der Waals surface area contributed by atoms with Crippen LogP contribution in [0.1, 0.15) is 25.7 Å². The summed E-state index contributed by atoms with van der Waals surface area (Å²) in [5, 5.41) is 5.44. The van der Waals surface area contributed by atoms with Crippen molar-refractivity contribution in [3.05, 3.63) is 54.6 Å². The van der Waals surface area contributed by atoms with E-state index >= 15 is 0 Å². The Balaban J connectivity index is 1.32. The van der Waals surface area contributed by atoms with Crippen molar-refractivity contribution in [3.8, 4) is 11.1 Å². The lowest BCUT2D eigenvalue weighted by Crippen LogP contribution is -2.44. The molecule has 0 unspecified atom stereocenters. The number of esters is 1. The number of urea groups is 1. The first-order valence-corrected chi connectivity index (χ1v) is 10.2. The van der Waals surface area contributed by atoms with E-state index < -0.39 is 42.5 Å². The van der Waals surface area contributed by atoms with Gasteiger partial charge in [-0.3, -0.25) is 19.3 Å². The molecule has 2 fully saturated rings. The molecule has 1 aliphatic heterocycles. The number of nitrogens with zero attached hydrogens (tertiary/aromatic N) is 1. The Labute approximate surface area is 179 Å². The van der Waals surface area contributed by atoms with Crippen molar-refractivity contribution in [2.45, 2.75) is 31.2 Å². The average molecular weight is 421 g/mol. The van der Waals surface area contributed by atoms with Crippen LogP contribution in [0.2, 0.25) is 0 Å². The minimum Gasteiger partial charge on any atom is -0.454 e. The van der Waals surface area contributed by atoms with Crippen LogP contribution in [0.15, 0.2) is 54.6 Å². The highest BCUT2D eigenvalue weighted by Crippen LogP contribution is 2.35. The second-order valence-corrected chi connectivity index (χ2v) is 7.73. The lowest BCUT2D eigenvalue weighted by molar-refractivity contribution is -0.150. The highest BCUT2D eigenvalue weighted by Gasteiger charge is 2.52. The average Bonchev–Trinajstić information content (AvgIpc) is 3.34.